The number of carbonyl (C=O) groups excluding carboxylic acids is 3. The van der Waals surface area contributed by atoms with Gasteiger partial charge >= 0.3 is 0 Å². The molecule has 7 rings (SSSR count). The normalized spacial score (nSPS) is 23.5. The number of ether oxygens (including phenoxy) is 1. The Morgan fingerprint density at radius 1 is 0.902 bits per heavy atom. The second kappa shape index (κ2) is 9.46. The molecule has 1 fully saturated rings. The molecule has 3 aliphatic heterocycles. The number of rotatable bonds is 5. The summed E-state index contributed by atoms with van der Waals surface area (Å²) in [6.45, 7) is 0. The third kappa shape index (κ3) is 3.54. The Balaban J connectivity index is 1.54. The second-order valence-electron chi connectivity index (χ2n) is 10.5. The highest BCUT2D eigenvalue weighted by Gasteiger charge is 2.70. The molecule has 4 aromatic carbocycles. The summed E-state index contributed by atoms with van der Waals surface area (Å²) in [5.74, 6) is -1.52. The number of nitrogens with zero attached hydrogens (tertiary/aromatic N) is 1. The summed E-state index contributed by atoms with van der Waals surface area (Å²) in [5.41, 5.74) is 2.39. The van der Waals surface area contributed by atoms with E-state index in [4.69, 9.17) is 16.3 Å². The molecule has 6 nitrogen and oxygen atoms in total. The van der Waals surface area contributed by atoms with Gasteiger partial charge in [-0.15, -0.1) is 0 Å². The number of halogens is 1. The molecule has 0 unspecified atom stereocenters. The lowest BCUT2D eigenvalue weighted by atomic mass is 9.62. The van der Waals surface area contributed by atoms with Crippen LogP contribution in [0.3, 0.4) is 0 Å². The van der Waals surface area contributed by atoms with Crippen LogP contribution in [0, 0.1) is 5.92 Å². The number of ketones is 2. The Morgan fingerprint density at radius 3 is 2.49 bits per heavy atom. The molecule has 4 atom stereocenters. The highest BCUT2D eigenvalue weighted by molar-refractivity contribution is 6.34. The number of amides is 1. The Labute approximate surface area is 242 Å². The first-order chi connectivity index (χ1) is 20.0. The molecule has 0 aliphatic carbocycles. The monoisotopic (exact) mass is 560 g/mol. The van der Waals surface area contributed by atoms with Crippen molar-refractivity contribution in [3.8, 4) is 5.75 Å². The lowest BCUT2D eigenvalue weighted by molar-refractivity contribution is -0.122. The van der Waals surface area contributed by atoms with E-state index in [1.165, 1.54) is 7.11 Å². The topological polar surface area (TPSA) is 75.7 Å². The summed E-state index contributed by atoms with van der Waals surface area (Å²) in [6.07, 6.45) is 3.79. The van der Waals surface area contributed by atoms with Crippen molar-refractivity contribution in [3.63, 3.8) is 0 Å². The van der Waals surface area contributed by atoms with Crippen LogP contribution in [0.5, 0.6) is 5.75 Å². The van der Waals surface area contributed by atoms with Crippen molar-refractivity contribution in [2.24, 2.45) is 5.92 Å². The first-order valence-electron chi connectivity index (χ1n) is 13.4. The molecule has 202 valence electrons. The van der Waals surface area contributed by atoms with Crippen molar-refractivity contribution in [2.75, 3.05) is 12.4 Å². The predicted octanol–water partition coefficient (Wildman–Crippen LogP) is 6.33. The number of benzene rings is 4. The van der Waals surface area contributed by atoms with Gasteiger partial charge in [0, 0.05) is 23.0 Å². The van der Waals surface area contributed by atoms with Crippen LogP contribution in [0.4, 0.5) is 5.69 Å². The number of anilines is 1. The van der Waals surface area contributed by atoms with Crippen molar-refractivity contribution in [1.82, 2.24) is 4.90 Å². The first kappa shape index (κ1) is 25.3. The van der Waals surface area contributed by atoms with Crippen LogP contribution in [0.2, 0.25) is 5.02 Å². The SMILES string of the molecule is COc1cccc(C(=O)[C@@H]2[C@H](C(=O)c3ccccc3Cl)[C@@]3(C(=O)Nc4ccccc43)[C@@H]3c4ccccc4C=CN23)c1. The molecule has 41 heavy (non-hydrogen) atoms. The van der Waals surface area contributed by atoms with Crippen LogP contribution < -0.4 is 10.1 Å². The van der Waals surface area contributed by atoms with Crippen molar-refractivity contribution < 1.29 is 19.1 Å². The second-order valence-corrected chi connectivity index (χ2v) is 10.9. The maximum atomic E-state index is 14.8. The van der Waals surface area contributed by atoms with Gasteiger partial charge in [0.2, 0.25) is 5.91 Å². The molecule has 1 spiro atoms. The van der Waals surface area contributed by atoms with Crippen LogP contribution >= 0.6 is 11.6 Å². The molecule has 0 bridgehead atoms. The predicted molar refractivity (Wildman–Crippen MR) is 157 cm³/mol. The van der Waals surface area contributed by atoms with Crippen LogP contribution in [-0.2, 0) is 10.2 Å². The molecule has 0 saturated carbocycles. The van der Waals surface area contributed by atoms with Crippen LogP contribution in [-0.4, -0.2) is 35.5 Å². The zero-order chi connectivity index (χ0) is 28.3. The number of nitrogens with one attached hydrogen (secondary N) is 1. The Bertz CT molecular complexity index is 1780. The van der Waals surface area contributed by atoms with Gasteiger partial charge in [-0.2, -0.15) is 0 Å². The molecule has 0 radical (unpaired) electrons. The highest BCUT2D eigenvalue weighted by Crippen LogP contribution is 2.62. The largest absolute Gasteiger partial charge is 0.497 e. The van der Waals surface area contributed by atoms with E-state index in [0.717, 1.165) is 11.1 Å². The number of hydrogen-bond acceptors (Lipinski definition) is 5. The quantitative estimate of drug-likeness (QED) is 0.289. The van der Waals surface area contributed by atoms with Gasteiger partial charge in [-0.3, -0.25) is 14.4 Å². The van der Waals surface area contributed by atoms with Gasteiger partial charge in [-0.1, -0.05) is 78.3 Å². The minimum Gasteiger partial charge on any atom is -0.497 e. The highest BCUT2D eigenvalue weighted by atomic mass is 35.5. The fourth-order valence-corrected chi connectivity index (χ4v) is 7.17. The number of carbonyl (C=O) groups is 3. The maximum Gasteiger partial charge on any atom is 0.238 e. The molecule has 3 heterocycles. The summed E-state index contributed by atoms with van der Waals surface area (Å²) in [6, 6.07) is 27.3. The van der Waals surface area contributed by atoms with Crippen molar-refractivity contribution in [3.05, 3.63) is 136 Å². The summed E-state index contributed by atoms with van der Waals surface area (Å²) in [4.78, 5) is 45.8. The Morgan fingerprint density at radius 2 is 1.66 bits per heavy atom. The van der Waals surface area contributed by atoms with Gasteiger partial charge < -0.3 is 15.0 Å². The molecule has 3 aliphatic rings. The van der Waals surface area contributed by atoms with E-state index >= 15 is 0 Å². The van der Waals surface area contributed by atoms with E-state index in [2.05, 4.69) is 5.32 Å². The number of para-hydroxylation sites is 1. The van der Waals surface area contributed by atoms with E-state index in [1.54, 1.807) is 48.5 Å². The molecule has 0 aromatic heterocycles. The van der Waals surface area contributed by atoms with E-state index < -0.39 is 23.4 Å². The fraction of sp³-hybridized carbons (Fsp3) is 0.147. The number of Topliss-reactive ketones (excluding diaryl/α,β-unsaturated/α-hetero) is 2. The van der Waals surface area contributed by atoms with Crippen LogP contribution in [0.15, 0.2) is 103 Å². The zero-order valence-corrected chi connectivity index (χ0v) is 22.8. The Hall–Kier alpha value is -4.68. The summed E-state index contributed by atoms with van der Waals surface area (Å²) < 4.78 is 5.41. The average Bonchev–Trinajstić information content (AvgIpc) is 3.49. The summed E-state index contributed by atoms with van der Waals surface area (Å²) >= 11 is 6.60. The van der Waals surface area contributed by atoms with Crippen molar-refractivity contribution >= 4 is 40.8 Å². The van der Waals surface area contributed by atoms with Crippen LogP contribution in [0.25, 0.3) is 6.08 Å². The zero-order valence-electron chi connectivity index (χ0n) is 22.1. The summed E-state index contributed by atoms with van der Waals surface area (Å²) in [7, 11) is 1.54. The Kier molecular flexibility index (Phi) is 5.84. The van der Waals surface area contributed by atoms with Gasteiger partial charge in [0.15, 0.2) is 11.6 Å². The van der Waals surface area contributed by atoms with E-state index in [-0.39, 0.29) is 28.1 Å². The minimum absolute atomic E-state index is 0.271. The number of hydrogen-bond donors (Lipinski definition) is 1. The molecule has 1 saturated heterocycles. The number of fused-ring (bicyclic) bond motifs is 6. The van der Waals surface area contributed by atoms with Gasteiger partial charge in [-0.25, -0.2) is 0 Å². The maximum absolute atomic E-state index is 14.8. The van der Waals surface area contributed by atoms with Gasteiger partial charge in [0.05, 0.1) is 24.1 Å². The van der Waals surface area contributed by atoms with Gasteiger partial charge in [-0.05, 0) is 53.1 Å². The van der Waals surface area contributed by atoms with E-state index in [9.17, 15) is 14.4 Å². The molecular formula is C34H25ClN2O4. The third-order valence-corrected chi connectivity index (χ3v) is 8.94. The van der Waals surface area contributed by atoms with Crippen molar-refractivity contribution in [1.29, 1.82) is 0 Å². The lowest BCUT2D eigenvalue weighted by Crippen LogP contribution is -2.49. The van der Waals surface area contributed by atoms with E-state index in [0.29, 0.717) is 22.6 Å². The molecular weight excluding hydrogens is 536 g/mol. The summed E-state index contributed by atoms with van der Waals surface area (Å²) in [5, 5.41) is 3.33. The molecule has 4 aromatic rings. The fourth-order valence-electron chi connectivity index (χ4n) is 6.94. The number of methoxy groups -OCH3 is 1. The average molecular weight is 561 g/mol. The van der Waals surface area contributed by atoms with Crippen molar-refractivity contribution in [2.45, 2.75) is 17.5 Å². The van der Waals surface area contributed by atoms with E-state index in [1.807, 2.05) is 65.7 Å². The standard InChI is InChI=1S/C34H25ClN2O4/c1-41-22-11-8-10-21(19-22)30(38)29-28(31(39)24-13-4-6-15-26(24)35)34(25-14-5-7-16-27(25)36-33(34)40)32-23-12-3-2-9-20(23)17-18-37(29)32/h2-19,28-29,32H,1H3,(H,36,40)/t28-,29+,32+,34-/m1/s1. The molecule has 7 heteroatoms. The van der Waals surface area contributed by atoms with Gasteiger partial charge in [0.1, 0.15) is 17.2 Å². The first-order valence-corrected chi connectivity index (χ1v) is 13.8. The molecule has 1 N–H and O–H groups in total. The lowest BCUT2D eigenvalue weighted by Gasteiger charge is -2.38. The van der Waals surface area contributed by atoms with Crippen LogP contribution in [0.1, 0.15) is 43.4 Å². The minimum atomic E-state index is -1.41. The van der Waals surface area contributed by atoms with Gasteiger partial charge in [0.25, 0.3) is 0 Å². The molecule has 1 amide bonds. The smallest absolute Gasteiger partial charge is 0.238 e. The third-order valence-electron chi connectivity index (χ3n) is 8.62.